The van der Waals surface area contributed by atoms with Crippen LogP contribution in [-0.2, 0) is 0 Å². The molecule has 2 heterocycles. The number of carbonyl (C=O) groups excluding carboxylic acids is 1. The fraction of sp³-hybridized carbons (Fsp3) is 0.0526. The van der Waals surface area contributed by atoms with Crippen molar-refractivity contribution in [3.05, 3.63) is 72.3 Å². The van der Waals surface area contributed by atoms with E-state index in [1.807, 2.05) is 30.1 Å². The molecule has 0 radical (unpaired) electrons. The van der Waals surface area contributed by atoms with E-state index in [1.165, 1.54) is 23.5 Å². The van der Waals surface area contributed by atoms with Crippen LogP contribution in [0.25, 0.3) is 10.2 Å². The number of benzene rings is 2. The van der Waals surface area contributed by atoms with Crippen molar-refractivity contribution in [1.29, 1.82) is 0 Å². The number of thiazole rings is 1. The molecular formula is C19H15FN4OS. The Labute approximate surface area is 153 Å². The number of amides is 1. The number of hydrogen-bond donors (Lipinski definition) is 2. The molecule has 4 aromatic rings. The second-order valence-electron chi connectivity index (χ2n) is 5.74. The summed E-state index contributed by atoms with van der Waals surface area (Å²) >= 11 is 1.41. The van der Waals surface area contributed by atoms with Crippen LogP contribution in [0.15, 0.2) is 60.8 Å². The van der Waals surface area contributed by atoms with Gasteiger partial charge in [0.15, 0.2) is 5.13 Å². The molecule has 2 N–H and O–H groups in total. The standard InChI is InChI=1S/C19H15FN4OS/c1-24(13-6-4-12(20)5-7-13)14-8-9-15-17(11-14)26-19(22-15)23-18(25)16-3-2-10-21-16/h2-11,21H,1H3,(H,22,23,25). The summed E-state index contributed by atoms with van der Waals surface area (Å²) in [7, 11) is 1.92. The van der Waals surface area contributed by atoms with E-state index in [1.54, 1.807) is 30.5 Å². The highest BCUT2D eigenvalue weighted by atomic mass is 32.1. The summed E-state index contributed by atoms with van der Waals surface area (Å²) in [5, 5.41) is 3.35. The molecule has 0 spiro atoms. The Balaban J connectivity index is 1.59. The van der Waals surface area contributed by atoms with Crippen molar-refractivity contribution in [3.63, 3.8) is 0 Å². The van der Waals surface area contributed by atoms with Crippen LogP contribution in [0, 0.1) is 5.82 Å². The average Bonchev–Trinajstić information content (AvgIpc) is 3.30. The van der Waals surface area contributed by atoms with Crippen LogP contribution >= 0.6 is 11.3 Å². The number of hydrogen-bond acceptors (Lipinski definition) is 4. The fourth-order valence-corrected chi connectivity index (χ4v) is 3.52. The normalized spacial score (nSPS) is 10.8. The molecule has 2 aromatic carbocycles. The first-order valence-electron chi connectivity index (χ1n) is 7.95. The van der Waals surface area contributed by atoms with Gasteiger partial charge >= 0.3 is 0 Å². The van der Waals surface area contributed by atoms with Crippen molar-refractivity contribution in [3.8, 4) is 0 Å². The van der Waals surface area contributed by atoms with Crippen molar-refractivity contribution in [1.82, 2.24) is 9.97 Å². The van der Waals surface area contributed by atoms with Gasteiger partial charge in [-0.25, -0.2) is 9.37 Å². The van der Waals surface area contributed by atoms with E-state index < -0.39 is 0 Å². The van der Waals surface area contributed by atoms with Gasteiger partial charge in [-0.3, -0.25) is 10.1 Å². The molecule has 0 atom stereocenters. The highest BCUT2D eigenvalue weighted by Gasteiger charge is 2.12. The number of halogens is 1. The number of aromatic nitrogens is 2. The van der Waals surface area contributed by atoms with Crippen LogP contribution in [0.3, 0.4) is 0 Å². The van der Waals surface area contributed by atoms with E-state index in [4.69, 9.17) is 0 Å². The van der Waals surface area contributed by atoms with Gasteiger partial charge in [0, 0.05) is 24.6 Å². The minimum Gasteiger partial charge on any atom is -0.357 e. The molecule has 0 fully saturated rings. The minimum absolute atomic E-state index is 0.224. The van der Waals surface area contributed by atoms with E-state index >= 15 is 0 Å². The van der Waals surface area contributed by atoms with E-state index in [-0.39, 0.29) is 11.7 Å². The first-order chi connectivity index (χ1) is 12.6. The first-order valence-corrected chi connectivity index (χ1v) is 8.76. The summed E-state index contributed by atoms with van der Waals surface area (Å²) in [5.74, 6) is -0.486. The van der Waals surface area contributed by atoms with Gasteiger partial charge in [0.25, 0.3) is 5.91 Å². The lowest BCUT2D eigenvalue weighted by atomic mass is 10.2. The lowest BCUT2D eigenvalue weighted by Gasteiger charge is -2.19. The van der Waals surface area contributed by atoms with Crippen molar-refractivity contribution in [2.45, 2.75) is 0 Å². The molecule has 0 saturated carbocycles. The van der Waals surface area contributed by atoms with Gasteiger partial charge in [-0.15, -0.1) is 0 Å². The quantitative estimate of drug-likeness (QED) is 0.546. The number of carbonyl (C=O) groups is 1. The Morgan fingerprint density at radius 3 is 2.65 bits per heavy atom. The molecule has 0 unspecified atom stereocenters. The molecule has 0 bridgehead atoms. The second kappa shape index (κ2) is 6.61. The zero-order chi connectivity index (χ0) is 18.1. The van der Waals surface area contributed by atoms with Crippen molar-refractivity contribution < 1.29 is 9.18 Å². The fourth-order valence-electron chi connectivity index (χ4n) is 2.63. The highest BCUT2D eigenvalue weighted by Crippen LogP contribution is 2.32. The Morgan fingerprint density at radius 1 is 1.15 bits per heavy atom. The van der Waals surface area contributed by atoms with Crippen molar-refractivity contribution >= 4 is 44.0 Å². The van der Waals surface area contributed by atoms with Gasteiger partial charge in [0.1, 0.15) is 11.5 Å². The predicted molar refractivity (Wildman–Crippen MR) is 103 cm³/mol. The number of rotatable bonds is 4. The zero-order valence-electron chi connectivity index (χ0n) is 13.9. The molecule has 4 rings (SSSR count). The smallest absolute Gasteiger partial charge is 0.273 e. The topological polar surface area (TPSA) is 61.0 Å². The van der Waals surface area contributed by atoms with Crippen LogP contribution in [-0.4, -0.2) is 22.9 Å². The van der Waals surface area contributed by atoms with Crippen LogP contribution < -0.4 is 10.2 Å². The number of anilines is 3. The maximum Gasteiger partial charge on any atom is 0.273 e. The Kier molecular flexibility index (Phi) is 4.14. The number of H-pyrrole nitrogens is 1. The molecule has 26 heavy (non-hydrogen) atoms. The molecule has 0 saturated heterocycles. The van der Waals surface area contributed by atoms with Crippen LogP contribution in [0.1, 0.15) is 10.5 Å². The van der Waals surface area contributed by atoms with Crippen molar-refractivity contribution in [2.75, 3.05) is 17.3 Å². The van der Waals surface area contributed by atoms with Gasteiger partial charge in [-0.2, -0.15) is 0 Å². The maximum atomic E-state index is 13.1. The highest BCUT2D eigenvalue weighted by molar-refractivity contribution is 7.22. The summed E-state index contributed by atoms with van der Waals surface area (Å²) < 4.78 is 14.1. The molecule has 0 aliphatic heterocycles. The molecule has 0 aliphatic rings. The molecular weight excluding hydrogens is 351 g/mol. The van der Waals surface area contributed by atoms with Crippen LogP contribution in [0.4, 0.5) is 20.9 Å². The van der Waals surface area contributed by atoms with E-state index in [0.717, 1.165) is 21.6 Å². The second-order valence-corrected chi connectivity index (χ2v) is 6.78. The lowest BCUT2D eigenvalue weighted by molar-refractivity contribution is 0.102. The van der Waals surface area contributed by atoms with Crippen LogP contribution in [0.2, 0.25) is 0 Å². The monoisotopic (exact) mass is 366 g/mol. The Bertz CT molecular complexity index is 1060. The number of aromatic amines is 1. The molecule has 0 aliphatic carbocycles. The average molecular weight is 366 g/mol. The molecule has 2 aromatic heterocycles. The summed E-state index contributed by atoms with van der Waals surface area (Å²) in [6, 6.07) is 15.7. The SMILES string of the molecule is CN(c1ccc(F)cc1)c1ccc2nc(NC(=O)c3ccc[nH]3)sc2c1. The summed E-state index contributed by atoms with van der Waals surface area (Å²) in [6.07, 6.45) is 1.70. The number of nitrogens with one attached hydrogen (secondary N) is 2. The summed E-state index contributed by atoms with van der Waals surface area (Å²) in [4.78, 5) is 21.4. The van der Waals surface area contributed by atoms with E-state index in [0.29, 0.717) is 10.8 Å². The first kappa shape index (κ1) is 16.3. The maximum absolute atomic E-state index is 13.1. The largest absolute Gasteiger partial charge is 0.357 e. The Hall–Kier alpha value is -3.19. The third-order valence-corrected chi connectivity index (χ3v) is 4.97. The predicted octanol–water partition coefficient (Wildman–Crippen LogP) is 4.78. The molecule has 1 amide bonds. The van der Waals surface area contributed by atoms with Crippen LogP contribution in [0.5, 0.6) is 0 Å². The minimum atomic E-state index is -0.262. The van der Waals surface area contributed by atoms with Crippen molar-refractivity contribution in [2.24, 2.45) is 0 Å². The summed E-state index contributed by atoms with van der Waals surface area (Å²) in [5.41, 5.74) is 3.14. The molecule has 7 heteroatoms. The molecule has 130 valence electrons. The van der Waals surface area contributed by atoms with Gasteiger partial charge in [-0.1, -0.05) is 11.3 Å². The number of nitrogens with zero attached hydrogens (tertiary/aromatic N) is 2. The third-order valence-electron chi connectivity index (χ3n) is 4.04. The summed E-state index contributed by atoms with van der Waals surface area (Å²) in [6.45, 7) is 0. The van der Waals surface area contributed by atoms with Gasteiger partial charge < -0.3 is 9.88 Å². The van der Waals surface area contributed by atoms with E-state index in [9.17, 15) is 9.18 Å². The van der Waals surface area contributed by atoms with E-state index in [2.05, 4.69) is 15.3 Å². The van der Waals surface area contributed by atoms with Gasteiger partial charge in [0.05, 0.1) is 10.2 Å². The van der Waals surface area contributed by atoms with Gasteiger partial charge in [0.2, 0.25) is 0 Å². The molecule has 5 nitrogen and oxygen atoms in total. The van der Waals surface area contributed by atoms with Gasteiger partial charge in [-0.05, 0) is 54.6 Å². The zero-order valence-corrected chi connectivity index (χ0v) is 14.7. The Morgan fingerprint density at radius 2 is 1.92 bits per heavy atom. The lowest BCUT2D eigenvalue weighted by Crippen LogP contribution is -2.11. The number of fused-ring (bicyclic) bond motifs is 1. The third kappa shape index (κ3) is 3.16.